The lowest BCUT2D eigenvalue weighted by molar-refractivity contribution is -0.121. The maximum absolute atomic E-state index is 12.5. The molecule has 4 aromatic rings. The van der Waals surface area contributed by atoms with E-state index in [1.165, 1.54) is 4.57 Å². The second-order valence-electron chi connectivity index (χ2n) is 7.18. The Morgan fingerprint density at radius 2 is 1.90 bits per heavy atom. The van der Waals surface area contributed by atoms with Crippen molar-refractivity contribution in [2.75, 3.05) is 18.0 Å². The van der Waals surface area contributed by atoms with E-state index in [0.29, 0.717) is 23.7 Å². The molecule has 2 aromatic carbocycles. The third kappa shape index (κ3) is 3.26. The second-order valence-corrected chi connectivity index (χ2v) is 7.18. The summed E-state index contributed by atoms with van der Waals surface area (Å²) in [6, 6.07) is 15.4. The molecule has 0 radical (unpaired) electrons. The molecular weight excluding hydrogens is 372 g/mol. The van der Waals surface area contributed by atoms with Gasteiger partial charge in [0.1, 0.15) is 12.1 Å². The fraction of sp³-hybridized carbons (Fsp3) is 0.286. The second kappa shape index (κ2) is 7.12. The lowest BCUT2D eigenvalue weighted by atomic mass is 10.2. The summed E-state index contributed by atoms with van der Waals surface area (Å²) >= 11 is 0. The van der Waals surface area contributed by atoms with Crippen LogP contribution in [-0.4, -0.2) is 34.6 Å². The molecule has 0 aliphatic carbocycles. The number of hydrogen-bond acceptors (Lipinski definition) is 6. The molecular formula is C21H20N4O4. The maximum atomic E-state index is 12.5. The van der Waals surface area contributed by atoms with Gasteiger partial charge in [0.15, 0.2) is 11.2 Å². The SMILES string of the molecule is O=C(Cn1c(=O)oc2ccccc21)NCC1CCCN1c1nc2ccccc2o1. The van der Waals surface area contributed by atoms with Gasteiger partial charge in [-0.15, -0.1) is 0 Å². The van der Waals surface area contributed by atoms with Gasteiger partial charge in [-0.1, -0.05) is 24.3 Å². The molecule has 1 atom stereocenters. The largest absolute Gasteiger partial charge is 0.423 e. The number of carbonyl (C=O) groups is 1. The molecule has 1 unspecified atom stereocenters. The van der Waals surface area contributed by atoms with Crippen LogP contribution in [0.1, 0.15) is 12.8 Å². The lowest BCUT2D eigenvalue weighted by Crippen LogP contribution is -2.42. The van der Waals surface area contributed by atoms with Crippen molar-refractivity contribution in [2.24, 2.45) is 0 Å². The van der Waals surface area contributed by atoms with Crippen molar-refractivity contribution >= 4 is 34.1 Å². The van der Waals surface area contributed by atoms with Crippen molar-refractivity contribution in [3.8, 4) is 0 Å². The van der Waals surface area contributed by atoms with Gasteiger partial charge in [0, 0.05) is 13.1 Å². The van der Waals surface area contributed by atoms with Gasteiger partial charge >= 0.3 is 5.76 Å². The van der Waals surface area contributed by atoms with E-state index in [2.05, 4.69) is 15.2 Å². The third-order valence-electron chi connectivity index (χ3n) is 5.32. The summed E-state index contributed by atoms with van der Waals surface area (Å²) < 4.78 is 12.4. The zero-order chi connectivity index (χ0) is 19.8. The Morgan fingerprint density at radius 3 is 2.76 bits per heavy atom. The van der Waals surface area contributed by atoms with E-state index in [-0.39, 0.29) is 18.5 Å². The Labute approximate surface area is 165 Å². The molecule has 1 N–H and O–H groups in total. The minimum Gasteiger partial charge on any atom is -0.423 e. The predicted molar refractivity (Wildman–Crippen MR) is 108 cm³/mol. The van der Waals surface area contributed by atoms with Crippen LogP contribution >= 0.6 is 0 Å². The number of para-hydroxylation sites is 4. The average Bonchev–Trinajstić information content (AvgIpc) is 3.43. The van der Waals surface area contributed by atoms with Crippen LogP contribution < -0.4 is 16.0 Å². The number of anilines is 1. The maximum Gasteiger partial charge on any atom is 0.420 e. The van der Waals surface area contributed by atoms with Crippen LogP contribution in [0.3, 0.4) is 0 Å². The molecule has 8 heteroatoms. The number of carbonyl (C=O) groups excluding carboxylic acids is 1. The molecule has 29 heavy (non-hydrogen) atoms. The summed E-state index contributed by atoms with van der Waals surface area (Å²) in [7, 11) is 0. The number of benzene rings is 2. The Hall–Kier alpha value is -3.55. The quantitative estimate of drug-likeness (QED) is 0.561. The molecule has 148 valence electrons. The topological polar surface area (TPSA) is 93.5 Å². The standard InChI is InChI=1S/C21H20N4O4/c26-19(13-25-16-8-2-4-10-18(16)29-21(25)27)22-12-14-6-5-11-24(14)20-23-15-7-1-3-9-17(15)28-20/h1-4,7-10,14H,5-6,11-13H2,(H,22,26). The third-order valence-corrected chi connectivity index (χ3v) is 5.32. The highest BCUT2D eigenvalue weighted by molar-refractivity contribution is 5.79. The summed E-state index contributed by atoms with van der Waals surface area (Å²) in [4.78, 5) is 31.2. The molecule has 2 aromatic heterocycles. The van der Waals surface area contributed by atoms with E-state index >= 15 is 0 Å². The van der Waals surface area contributed by atoms with Crippen molar-refractivity contribution in [3.63, 3.8) is 0 Å². The molecule has 1 aliphatic rings. The zero-order valence-electron chi connectivity index (χ0n) is 15.7. The number of oxazole rings is 2. The number of fused-ring (bicyclic) bond motifs is 2. The Bertz CT molecular complexity index is 1210. The van der Waals surface area contributed by atoms with Crippen LogP contribution in [0.25, 0.3) is 22.2 Å². The first kappa shape index (κ1) is 17.5. The van der Waals surface area contributed by atoms with Crippen LogP contribution in [-0.2, 0) is 11.3 Å². The molecule has 8 nitrogen and oxygen atoms in total. The normalized spacial score (nSPS) is 16.7. The summed E-state index contributed by atoms with van der Waals surface area (Å²) in [5, 5.41) is 2.94. The smallest absolute Gasteiger partial charge is 0.420 e. The molecule has 0 saturated carbocycles. The van der Waals surface area contributed by atoms with Crippen LogP contribution in [0.15, 0.2) is 62.2 Å². The fourth-order valence-corrected chi connectivity index (χ4v) is 3.88. The van der Waals surface area contributed by atoms with Gasteiger partial charge in [-0.05, 0) is 37.1 Å². The first-order valence-electron chi connectivity index (χ1n) is 9.66. The molecule has 1 aliphatic heterocycles. The molecule has 1 fully saturated rings. The van der Waals surface area contributed by atoms with E-state index in [9.17, 15) is 9.59 Å². The highest BCUT2D eigenvalue weighted by Crippen LogP contribution is 2.28. The summed E-state index contributed by atoms with van der Waals surface area (Å²) in [6.07, 6.45) is 1.94. The first-order valence-corrected chi connectivity index (χ1v) is 9.66. The van der Waals surface area contributed by atoms with Crippen LogP contribution in [0.4, 0.5) is 6.01 Å². The van der Waals surface area contributed by atoms with Gasteiger partial charge < -0.3 is 19.1 Å². The summed E-state index contributed by atoms with van der Waals surface area (Å²) in [5.74, 6) is -0.765. The number of hydrogen-bond donors (Lipinski definition) is 1. The van der Waals surface area contributed by atoms with E-state index < -0.39 is 5.76 Å². The summed E-state index contributed by atoms with van der Waals surface area (Å²) in [6.45, 7) is 1.22. The van der Waals surface area contributed by atoms with Crippen molar-refractivity contribution in [3.05, 3.63) is 59.1 Å². The van der Waals surface area contributed by atoms with E-state index in [0.717, 1.165) is 30.5 Å². The number of aromatic nitrogens is 2. The molecule has 0 spiro atoms. The molecule has 1 amide bonds. The lowest BCUT2D eigenvalue weighted by Gasteiger charge is -2.23. The van der Waals surface area contributed by atoms with Gasteiger partial charge in [0.05, 0.1) is 11.6 Å². The number of amides is 1. The predicted octanol–water partition coefficient (Wildman–Crippen LogP) is 2.52. The van der Waals surface area contributed by atoms with E-state index in [4.69, 9.17) is 8.83 Å². The highest BCUT2D eigenvalue weighted by Gasteiger charge is 2.28. The van der Waals surface area contributed by atoms with Crippen molar-refractivity contribution < 1.29 is 13.6 Å². The minimum atomic E-state index is -0.532. The van der Waals surface area contributed by atoms with Gasteiger partial charge in [0.2, 0.25) is 5.91 Å². The van der Waals surface area contributed by atoms with Gasteiger partial charge in [0.25, 0.3) is 6.01 Å². The van der Waals surface area contributed by atoms with Crippen molar-refractivity contribution in [1.29, 1.82) is 0 Å². The molecule has 1 saturated heterocycles. The Kier molecular flexibility index (Phi) is 4.31. The van der Waals surface area contributed by atoms with E-state index in [1.54, 1.807) is 18.2 Å². The fourth-order valence-electron chi connectivity index (χ4n) is 3.88. The number of nitrogens with zero attached hydrogens (tertiary/aromatic N) is 3. The van der Waals surface area contributed by atoms with E-state index in [1.807, 2.05) is 30.3 Å². The Morgan fingerprint density at radius 1 is 1.10 bits per heavy atom. The number of nitrogens with one attached hydrogen (secondary N) is 1. The zero-order valence-corrected chi connectivity index (χ0v) is 15.7. The van der Waals surface area contributed by atoms with Crippen LogP contribution in [0, 0.1) is 0 Å². The monoisotopic (exact) mass is 392 g/mol. The number of rotatable bonds is 5. The van der Waals surface area contributed by atoms with Gasteiger partial charge in [-0.3, -0.25) is 9.36 Å². The van der Waals surface area contributed by atoms with Gasteiger partial charge in [-0.25, -0.2) is 4.79 Å². The van der Waals surface area contributed by atoms with Crippen molar-refractivity contribution in [1.82, 2.24) is 14.9 Å². The van der Waals surface area contributed by atoms with Crippen LogP contribution in [0.5, 0.6) is 0 Å². The summed E-state index contributed by atoms with van der Waals surface area (Å²) in [5.41, 5.74) is 2.66. The Balaban J connectivity index is 1.27. The first-order chi connectivity index (χ1) is 14.2. The van der Waals surface area contributed by atoms with Crippen molar-refractivity contribution in [2.45, 2.75) is 25.4 Å². The highest BCUT2D eigenvalue weighted by atomic mass is 16.4. The molecule has 5 rings (SSSR count). The molecule has 3 heterocycles. The van der Waals surface area contributed by atoms with Gasteiger partial charge in [-0.2, -0.15) is 4.98 Å². The average molecular weight is 392 g/mol. The van der Waals surface area contributed by atoms with Crippen LogP contribution in [0.2, 0.25) is 0 Å². The molecule has 0 bridgehead atoms. The minimum absolute atomic E-state index is 0.0779.